The monoisotopic (exact) mass is 248 g/mol. The van der Waals surface area contributed by atoms with E-state index in [9.17, 15) is 4.39 Å². The predicted octanol–water partition coefficient (Wildman–Crippen LogP) is 2.57. The Bertz CT molecular complexity index is 413. The number of hydrogen-bond donors (Lipinski definition) is 1. The van der Waals surface area contributed by atoms with E-state index in [1.54, 1.807) is 12.1 Å². The summed E-state index contributed by atoms with van der Waals surface area (Å²) < 4.78 is 13.7. The minimum atomic E-state index is -0.0984. The summed E-state index contributed by atoms with van der Waals surface area (Å²) in [5, 5.41) is 3.63. The van der Waals surface area contributed by atoms with Crippen molar-refractivity contribution >= 4 is 0 Å². The highest BCUT2D eigenvalue weighted by Gasteiger charge is 2.34. The molecule has 2 atom stereocenters. The number of benzene rings is 1. The summed E-state index contributed by atoms with van der Waals surface area (Å²) in [5.74, 6) is 0.683. The molecule has 98 valence electrons. The highest BCUT2D eigenvalue weighted by atomic mass is 19.1. The van der Waals surface area contributed by atoms with Crippen LogP contribution in [0.2, 0.25) is 0 Å². The molecule has 2 nitrogen and oxygen atoms in total. The van der Waals surface area contributed by atoms with E-state index in [0.29, 0.717) is 6.04 Å². The van der Waals surface area contributed by atoms with Gasteiger partial charge in [-0.15, -0.1) is 0 Å². The van der Waals surface area contributed by atoms with E-state index < -0.39 is 0 Å². The van der Waals surface area contributed by atoms with Crippen molar-refractivity contribution < 1.29 is 4.39 Å². The van der Waals surface area contributed by atoms with Gasteiger partial charge < -0.3 is 10.2 Å². The van der Waals surface area contributed by atoms with Gasteiger partial charge in [0.1, 0.15) is 5.82 Å². The molecule has 1 N–H and O–H groups in total. The van der Waals surface area contributed by atoms with Crippen LogP contribution < -0.4 is 5.32 Å². The van der Waals surface area contributed by atoms with Crippen molar-refractivity contribution in [3.05, 3.63) is 35.6 Å². The molecule has 2 bridgehead atoms. The third-order valence-electron chi connectivity index (χ3n) is 4.49. The van der Waals surface area contributed by atoms with Gasteiger partial charge in [0.2, 0.25) is 0 Å². The first-order chi connectivity index (χ1) is 8.74. The van der Waals surface area contributed by atoms with Crippen molar-refractivity contribution in [1.29, 1.82) is 0 Å². The maximum Gasteiger partial charge on any atom is 0.127 e. The first-order valence-electron chi connectivity index (χ1n) is 6.97. The van der Waals surface area contributed by atoms with E-state index in [0.717, 1.165) is 18.0 Å². The SMILES string of the molecule is C[C@@H](NC1CN2CCC1CC2)c1ccccc1F. The first-order valence-corrected chi connectivity index (χ1v) is 6.97. The fraction of sp³-hybridized carbons (Fsp3) is 0.600. The number of nitrogens with one attached hydrogen (secondary N) is 1. The smallest absolute Gasteiger partial charge is 0.127 e. The average Bonchev–Trinajstić information content (AvgIpc) is 2.40. The zero-order chi connectivity index (χ0) is 12.5. The van der Waals surface area contributed by atoms with Gasteiger partial charge in [0.05, 0.1) is 0 Å². The van der Waals surface area contributed by atoms with Gasteiger partial charge in [-0.3, -0.25) is 0 Å². The average molecular weight is 248 g/mol. The molecule has 0 aliphatic carbocycles. The summed E-state index contributed by atoms with van der Waals surface area (Å²) in [5.41, 5.74) is 0.786. The Morgan fingerprint density at radius 1 is 1.28 bits per heavy atom. The standard InChI is InChI=1S/C15H21FN2/c1-11(13-4-2-3-5-14(13)16)17-15-10-18-8-6-12(15)7-9-18/h2-5,11-12,15,17H,6-10H2,1H3/t11-,15?/m1/s1. The van der Waals surface area contributed by atoms with E-state index >= 15 is 0 Å². The largest absolute Gasteiger partial charge is 0.306 e. The Morgan fingerprint density at radius 3 is 2.61 bits per heavy atom. The summed E-state index contributed by atoms with van der Waals surface area (Å²) in [6.45, 7) is 5.69. The van der Waals surface area contributed by atoms with Crippen LogP contribution in [-0.2, 0) is 0 Å². The molecule has 0 radical (unpaired) electrons. The topological polar surface area (TPSA) is 15.3 Å². The summed E-state index contributed by atoms with van der Waals surface area (Å²) in [6, 6.07) is 7.71. The second-order valence-electron chi connectivity index (χ2n) is 5.65. The minimum Gasteiger partial charge on any atom is -0.306 e. The van der Waals surface area contributed by atoms with Crippen LogP contribution in [0, 0.1) is 11.7 Å². The third kappa shape index (κ3) is 2.29. The van der Waals surface area contributed by atoms with Crippen molar-refractivity contribution in [3.63, 3.8) is 0 Å². The Labute approximate surface area is 108 Å². The summed E-state index contributed by atoms with van der Waals surface area (Å²) in [4.78, 5) is 2.52. The molecule has 0 saturated carbocycles. The molecule has 1 aromatic rings. The lowest BCUT2D eigenvalue weighted by molar-refractivity contribution is 0.0678. The number of rotatable bonds is 3. The van der Waals surface area contributed by atoms with Crippen molar-refractivity contribution in [2.75, 3.05) is 19.6 Å². The molecular weight excluding hydrogens is 227 g/mol. The van der Waals surface area contributed by atoms with Gasteiger partial charge in [-0.1, -0.05) is 18.2 Å². The number of hydrogen-bond acceptors (Lipinski definition) is 2. The lowest BCUT2D eigenvalue weighted by atomic mass is 9.83. The van der Waals surface area contributed by atoms with Crippen LogP contribution in [0.3, 0.4) is 0 Å². The highest BCUT2D eigenvalue weighted by molar-refractivity contribution is 5.20. The number of piperidine rings is 3. The minimum absolute atomic E-state index is 0.0942. The molecule has 3 aliphatic heterocycles. The van der Waals surface area contributed by atoms with Crippen LogP contribution in [-0.4, -0.2) is 30.6 Å². The second-order valence-corrected chi connectivity index (χ2v) is 5.65. The molecule has 1 unspecified atom stereocenters. The fourth-order valence-corrected chi connectivity index (χ4v) is 3.39. The molecule has 1 aromatic carbocycles. The maximum atomic E-state index is 13.7. The van der Waals surface area contributed by atoms with Crippen molar-refractivity contribution in [2.45, 2.75) is 31.8 Å². The number of nitrogens with zero attached hydrogens (tertiary/aromatic N) is 1. The molecule has 3 heterocycles. The molecule has 0 amide bonds. The summed E-state index contributed by atoms with van der Waals surface area (Å²) in [6.07, 6.45) is 2.59. The van der Waals surface area contributed by atoms with Crippen LogP contribution in [0.5, 0.6) is 0 Å². The van der Waals surface area contributed by atoms with Gasteiger partial charge >= 0.3 is 0 Å². The van der Waals surface area contributed by atoms with Gasteiger partial charge in [-0.2, -0.15) is 0 Å². The van der Waals surface area contributed by atoms with Crippen LogP contribution in [0.1, 0.15) is 31.4 Å². The second kappa shape index (κ2) is 4.98. The van der Waals surface area contributed by atoms with Gasteiger partial charge in [0.15, 0.2) is 0 Å². The summed E-state index contributed by atoms with van der Waals surface area (Å²) in [7, 11) is 0. The van der Waals surface area contributed by atoms with Crippen LogP contribution in [0.4, 0.5) is 4.39 Å². The lowest BCUT2D eigenvalue weighted by Gasteiger charge is -2.46. The normalized spacial score (nSPS) is 32.4. The van der Waals surface area contributed by atoms with Crippen molar-refractivity contribution in [1.82, 2.24) is 10.2 Å². The molecule has 3 saturated heterocycles. The van der Waals surface area contributed by atoms with Gasteiger partial charge in [-0.05, 0) is 44.8 Å². The maximum absolute atomic E-state index is 13.7. The third-order valence-corrected chi connectivity index (χ3v) is 4.49. The van der Waals surface area contributed by atoms with E-state index in [4.69, 9.17) is 0 Å². The molecule has 3 heteroatoms. The Morgan fingerprint density at radius 2 is 2.00 bits per heavy atom. The van der Waals surface area contributed by atoms with Gasteiger partial charge in [-0.25, -0.2) is 4.39 Å². The molecule has 3 fully saturated rings. The number of fused-ring (bicyclic) bond motifs is 3. The molecule has 3 aliphatic rings. The molecule has 18 heavy (non-hydrogen) atoms. The van der Waals surface area contributed by atoms with Crippen LogP contribution in [0.25, 0.3) is 0 Å². The zero-order valence-corrected chi connectivity index (χ0v) is 10.9. The Hall–Kier alpha value is -0.930. The van der Waals surface area contributed by atoms with Crippen LogP contribution >= 0.6 is 0 Å². The van der Waals surface area contributed by atoms with E-state index in [2.05, 4.69) is 17.1 Å². The zero-order valence-electron chi connectivity index (χ0n) is 10.9. The molecule has 4 rings (SSSR count). The molecular formula is C15H21FN2. The Kier molecular flexibility index (Phi) is 3.35. The Balaban J connectivity index is 1.68. The first kappa shape index (κ1) is 12.1. The summed E-state index contributed by atoms with van der Waals surface area (Å²) >= 11 is 0. The van der Waals surface area contributed by atoms with Gasteiger partial charge in [0, 0.05) is 24.2 Å². The van der Waals surface area contributed by atoms with Crippen LogP contribution in [0.15, 0.2) is 24.3 Å². The van der Waals surface area contributed by atoms with Crippen molar-refractivity contribution in [3.8, 4) is 0 Å². The van der Waals surface area contributed by atoms with E-state index in [-0.39, 0.29) is 11.9 Å². The lowest BCUT2D eigenvalue weighted by Crippen LogP contribution is -2.56. The fourth-order valence-electron chi connectivity index (χ4n) is 3.39. The van der Waals surface area contributed by atoms with Gasteiger partial charge in [0.25, 0.3) is 0 Å². The quantitative estimate of drug-likeness (QED) is 0.884. The van der Waals surface area contributed by atoms with E-state index in [1.165, 1.54) is 25.9 Å². The van der Waals surface area contributed by atoms with Crippen molar-refractivity contribution in [2.24, 2.45) is 5.92 Å². The molecule has 0 spiro atoms. The predicted molar refractivity (Wildman–Crippen MR) is 70.9 cm³/mol. The van der Waals surface area contributed by atoms with E-state index in [1.807, 2.05) is 12.1 Å². The highest BCUT2D eigenvalue weighted by Crippen LogP contribution is 2.29. The molecule has 0 aromatic heterocycles. The number of halogens is 1.